The number of aromatic hydroxyl groups is 1. The van der Waals surface area contributed by atoms with Crippen molar-refractivity contribution in [1.29, 1.82) is 0 Å². The van der Waals surface area contributed by atoms with E-state index in [-0.39, 0.29) is 5.75 Å². The number of aromatic nitrogens is 1. The summed E-state index contributed by atoms with van der Waals surface area (Å²) in [4.78, 5) is 4.89. The molecule has 28 heavy (non-hydrogen) atoms. The van der Waals surface area contributed by atoms with Crippen LogP contribution >= 0.6 is 11.6 Å². The van der Waals surface area contributed by atoms with Crippen molar-refractivity contribution in [3.8, 4) is 45.1 Å². The second-order valence-corrected chi connectivity index (χ2v) is 6.76. The molecule has 138 valence electrons. The smallest absolute Gasteiger partial charge is 0.126 e. The van der Waals surface area contributed by atoms with E-state index >= 15 is 0 Å². The number of pyridine rings is 1. The fraction of sp³-hybridized carbons (Fsp3) is 0.0417. The second kappa shape index (κ2) is 7.75. The molecule has 0 aliphatic carbocycles. The molecule has 0 atom stereocenters. The molecule has 0 aliphatic rings. The Hall–Kier alpha value is -3.30. The van der Waals surface area contributed by atoms with E-state index in [9.17, 15) is 5.11 Å². The van der Waals surface area contributed by atoms with Gasteiger partial charge >= 0.3 is 0 Å². The number of benzene rings is 3. The molecule has 0 aliphatic heterocycles. The van der Waals surface area contributed by atoms with Gasteiger partial charge in [0.25, 0.3) is 0 Å². The lowest BCUT2D eigenvalue weighted by Crippen LogP contribution is -1.95. The van der Waals surface area contributed by atoms with Gasteiger partial charge in [-0.3, -0.25) is 0 Å². The summed E-state index contributed by atoms with van der Waals surface area (Å²) in [5.74, 6) is 0.917. The molecule has 0 radical (unpaired) electrons. The maximum absolute atomic E-state index is 10.3. The van der Waals surface area contributed by atoms with Crippen LogP contribution in [0.25, 0.3) is 33.6 Å². The number of hydrogen-bond donors (Lipinski definition) is 1. The normalized spacial score (nSPS) is 10.6. The molecule has 1 aromatic heterocycles. The van der Waals surface area contributed by atoms with Crippen LogP contribution in [0.4, 0.5) is 0 Å². The summed E-state index contributed by atoms with van der Waals surface area (Å²) in [6, 6.07) is 26.7. The zero-order valence-electron chi connectivity index (χ0n) is 15.3. The highest BCUT2D eigenvalue weighted by Crippen LogP contribution is 2.39. The Morgan fingerprint density at radius 3 is 2.32 bits per heavy atom. The third-order valence-electron chi connectivity index (χ3n) is 4.57. The van der Waals surface area contributed by atoms with Gasteiger partial charge in [-0.05, 0) is 36.4 Å². The van der Waals surface area contributed by atoms with Gasteiger partial charge in [0.1, 0.15) is 11.5 Å². The number of para-hydroxylation sites is 1. The van der Waals surface area contributed by atoms with Gasteiger partial charge in [0.05, 0.1) is 18.5 Å². The Bertz CT molecular complexity index is 1130. The standard InChI is InChI=1S/C24H18ClNO2/c1-28-23-10-6-5-9-18(23)19-12-13-21(20-15-17(25)11-14-22(20)27)26-24(19)16-7-3-2-4-8-16/h2-15,27H,1H3. The fourth-order valence-electron chi connectivity index (χ4n) is 3.22. The lowest BCUT2D eigenvalue weighted by Gasteiger charge is -2.15. The Kier molecular flexibility index (Phi) is 5.00. The van der Waals surface area contributed by atoms with Crippen LogP contribution in [-0.2, 0) is 0 Å². The Labute approximate surface area is 168 Å². The molecule has 1 N–H and O–H groups in total. The van der Waals surface area contributed by atoms with Gasteiger partial charge in [0.2, 0.25) is 0 Å². The van der Waals surface area contributed by atoms with Crippen LogP contribution in [0.15, 0.2) is 84.9 Å². The zero-order valence-corrected chi connectivity index (χ0v) is 16.0. The maximum Gasteiger partial charge on any atom is 0.126 e. The van der Waals surface area contributed by atoms with Gasteiger partial charge in [-0.1, -0.05) is 60.1 Å². The van der Waals surface area contributed by atoms with E-state index in [0.29, 0.717) is 16.3 Å². The van der Waals surface area contributed by atoms with Crippen molar-refractivity contribution < 1.29 is 9.84 Å². The van der Waals surface area contributed by atoms with Crippen LogP contribution in [-0.4, -0.2) is 17.2 Å². The first kappa shape index (κ1) is 18.1. The van der Waals surface area contributed by atoms with Crippen molar-refractivity contribution in [1.82, 2.24) is 4.98 Å². The number of ether oxygens (including phenoxy) is 1. The molecule has 0 spiro atoms. The molecule has 0 fully saturated rings. The van der Waals surface area contributed by atoms with E-state index in [4.69, 9.17) is 21.3 Å². The molecule has 0 bridgehead atoms. The number of phenols is 1. The highest BCUT2D eigenvalue weighted by molar-refractivity contribution is 6.31. The topological polar surface area (TPSA) is 42.4 Å². The first-order chi connectivity index (χ1) is 13.7. The number of hydrogen-bond acceptors (Lipinski definition) is 3. The summed E-state index contributed by atoms with van der Waals surface area (Å²) in [7, 11) is 1.66. The molecule has 1 heterocycles. The summed E-state index contributed by atoms with van der Waals surface area (Å²) in [6.07, 6.45) is 0. The zero-order chi connectivity index (χ0) is 19.5. The first-order valence-electron chi connectivity index (χ1n) is 8.86. The Balaban J connectivity index is 1.97. The predicted molar refractivity (Wildman–Crippen MR) is 114 cm³/mol. The van der Waals surface area contributed by atoms with Crippen LogP contribution in [0, 0.1) is 0 Å². The van der Waals surface area contributed by atoms with E-state index in [1.54, 1.807) is 25.3 Å². The Morgan fingerprint density at radius 1 is 0.786 bits per heavy atom. The average Bonchev–Trinajstić information content (AvgIpc) is 2.75. The monoisotopic (exact) mass is 387 g/mol. The Morgan fingerprint density at radius 2 is 1.54 bits per heavy atom. The van der Waals surface area contributed by atoms with Crippen LogP contribution in [0.2, 0.25) is 5.02 Å². The van der Waals surface area contributed by atoms with E-state index in [2.05, 4.69) is 0 Å². The number of methoxy groups -OCH3 is 1. The highest BCUT2D eigenvalue weighted by atomic mass is 35.5. The van der Waals surface area contributed by atoms with Crippen LogP contribution in [0.5, 0.6) is 11.5 Å². The molecular weight excluding hydrogens is 370 g/mol. The number of halogens is 1. The lowest BCUT2D eigenvalue weighted by molar-refractivity contribution is 0.416. The van der Waals surface area contributed by atoms with Gasteiger partial charge in [-0.2, -0.15) is 0 Å². The summed E-state index contributed by atoms with van der Waals surface area (Å²) < 4.78 is 5.56. The number of rotatable bonds is 4. The minimum absolute atomic E-state index is 0.140. The van der Waals surface area contributed by atoms with Crippen molar-refractivity contribution in [3.63, 3.8) is 0 Å². The molecule has 4 heteroatoms. The SMILES string of the molecule is COc1ccccc1-c1ccc(-c2cc(Cl)ccc2O)nc1-c1ccccc1. The van der Waals surface area contributed by atoms with Crippen LogP contribution in [0.3, 0.4) is 0 Å². The fourth-order valence-corrected chi connectivity index (χ4v) is 3.40. The van der Waals surface area contributed by atoms with Crippen molar-refractivity contribution in [2.24, 2.45) is 0 Å². The van der Waals surface area contributed by atoms with E-state index in [1.807, 2.05) is 66.7 Å². The van der Waals surface area contributed by atoms with Crippen molar-refractivity contribution in [3.05, 3.63) is 90.0 Å². The van der Waals surface area contributed by atoms with Crippen molar-refractivity contribution >= 4 is 11.6 Å². The molecular formula is C24H18ClNO2. The van der Waals surface area contributed by atoms with Gasteiger partial charge in [0, 0.05) is 27.3 Å². The largest absolute Gasteiger partial charge is 0.507 e. The molecule has 3 nitrogen and oxygen atoms in total. The molecule has 0 unspecified atom stereocenters. The summed E-state index contributed by atoms with van der Waals surface area (Å²) >= 11 is 6.13. The van der Waals surface area contributed by atoms with Gasteiger partial charge in [-0.15, -0.1) is 0 Å². The number of phenolic OH excluding ortho intramolecular Hbond substituents is 1. The molecule has 0 saturated carbocycles. The van der Waals surface area contributed by atoms with Crippen molar-refractivity contribution in [2.45, 2.75) is 0 Å². The molecule has 0 saturated heterocycles. The maximum atomic E-state index is 10.3. The third kappa shape index (κ3) is 3.45. The van der Waals surface area contributed by atoms with E-state index < -0.39 is 0 Å². The first-order valence-corrected chi connectivity index (χ1v) is 9.24. The van der Waals surface area contributed by atoms with Crippen LogP contribution < -0.4 is 4.74 Å². The summed E-state index contributed by atoms with van der Waals surface area (Å²) in [6.45, 7) is 0. The molecule has 4 rings (SSSR count). The van der Waals surface area contributed by atoms with Gasteiger partial charge in [-0.25, -0.2) is 4.98 Å². The summed E-state index contributed by atoms with van der Waals surface area (Å²) in [5, 5.41) is 10.8. The average molecular weight is 388 g/mol. The minimum atomic E-state index is 0.140. The lowest BCUT2D eigenvalue weighted by atomic mass is 9.97. The highest BCUT2D eigenvalue weighted by Gasteiger charge is 2.16. The van der Waals surface area contributed by atoms with Crippen LogP contribution in [0.1, 0.15) is 0 Å². The van der Waals surface area contributed by atoms with Gasteiger partial charge in [0.15, 0.2) is 0 Å². The van der Waals surface area contributed by atoms with Gasteiger partial charge < -0.3 is 9.84 Å². The second-order valence-electron chi connectivity index (χ2n) is 6.32. The molecule has 4 aromatic rings. The van der Waals surface area contributed by atoms with Crippen molar-refractivity contribution in [2.75, 3.05) is 7.11 Å². The molecule has 0 amide bonds. The quantitative estimate of drug-likeness (QED) is 0.437. The number of nitrogens with zero attached hydrogens (tertiary/aromatic N) is 1. The third-order valence-corrected chi connectivity index (χ3v) is 4.81. The predicted octanol–water partition coefficient (Wildman–Crippen LogP) is 6.45. The minimum Gasteiger partial charge on any atom is -0.507 e. The van der Waals surface area contributed by atoms with E-state index in [1.165, 1.54) is 0 Å². The summed E-state index contributed by atoms with van der Waals surface area (Å²) in [5.41, 5.74) is 4.94. The van der Waals surface area contributed by atoms with E-state index in [0.717, 1.165) is 28.1 Å². The molecule has 3 aromatic carbocycles.